The number of nitrogens with zero attached hydrogens (tertiary/aromatic N) is 4. The molecule has 8 nitrogen and oxygen atoms in total. The molecule has 3 rings (SSSR count). The van der Waals surface area contributed by atoms with Crippen molar-refractivity contribution < 1.29 is 14.2 Å². The molecule has 0 radical (unpaired) electrons. The fraction of sp³-hybridized carbons (Fsp3) is 0.176. The van der Waals surface area contributed by atoms with Crippen molar-refractivity contribution in [3.05, 3.63) is 47.0 Å². The maximum Gasteiger partial charge on any atom is 0.216 e. The maximum absolute atomic E-state index is 5.35. The third-order valence-electron chi connectivity index (χ3n) is 3.60. The summed E-state index contributed by atoms with van der Waals surface area (Å²) in [5.74, 6) is 2.18. The van der Waals surface area contributed by atoms with Crippen LogP contribution in [0.25, 0.3) is 11.4 Å². The highest BCUT2D eigenvalue weighted by Crippen LogP contribution is 2.37. The first-order valence-corrected chi connectivity index (χ1v) is 8.01. The molecule has 0 saturated heterocycles. The maximum atomic E-state index is 5.35. The third kappa shape index (κ3) is 3.42. The minimum Gasteiger partial charge on any atom is -0.493 e. The van der Waals surface area contributed by atoms with Crippen LogP contribution in [0, 0.1) is 4.77 Å². The number of rotatable bonds is 6. The molecular formula is C17H17N5O3S. The van der Waals surface area contributed by atoms with E-state index in [0.29, 0.717) is 27.8 Å². The Kier molecular flexibility index (Phi) is 5.28. The summed E-state index contributed by atoms with van der Waals surface area (Å²) < 4.78 is 17.9. The number of nitrogens with one attached hydrogen (secondary N) is 1. The summed E-state index contributed by atoms with van der Waals surface area (Å²) in [6, 6.07) is 7.24. The van der Waals surface area contributed by atoms with Crippen LogP contribution in [0.1, 0.15) is 5.56 Å². The monoisotopic (exact) mass is 371 g/mol. The van der Waals surface area contributed by atoms with Crippen molar-refractivity contribution in [1.29, 1.82) is 0 Å². The number of hydrogen-bond donors (Lipinski definition) is 1. The van der Waals surface area contributed by atoms with E-state index in [0.717, 1.165) is 11.1 Å². The van der Waals surface area contributed by atoms with Crippen LogP contribution in [-0.4, -0.2) is 47.4 Å². The quantitative estimate of drug-likeness (QED) is 0.530. The molecule has 26 heavy (non-hydrogen) atoms. The zero-order chi connectivity index (χ0) is 18.5. The predicted octanol–water partition coefficient (Wildman–Crippen LogP) is 2.91. The number of pyridine rings is 1. The van der Waals surface area contributed by atoms with Crippen molar-refractivity contribution in [2.45, 2.75) is 0 Å². The van der Waals surface area contributed by atoms with Gasteiger partial charge in [0.05, 0.1) is 27.5 Å². The van der Waals surface area contributed by atoms with E-state index >= 15 is 0 Å². The van der Waals surface area contributed by atoms with Gasteiger partial charge in [-0.05, 0) is 36.5 Å². The molecule has 0 fully saturated rings. The van der Waals surface area contributed by atoms with E-state index in [9.17, 15) is 0 Å². The molecule has 0 bridgehead atoms. The average Bonchev–Trinajstić information content (AvgIpc) is 3.06. The third-order valence-corrected chi connectivity index (χ3v) is 3.86. The van der Waals surface area contributed by atoms with Gasteiger partial charge in [0.15, 0.2) is 17.3 Å². The van der Waals surface area contributed by atoms with Gasteiger partial charge >= 0.3 is 0 Å². The van der Waals surface area contributed by atoms with Crippen molar-refractivity contribution >= 4 is 18.4 Å². The lowest BCUT2D eigenvalue weighted by Gasteiger charge is -2.12. The Balaban J connectivity index is 2.02. The van der Waals surface area contributed by atoms with Gasteiger partial charge in [0.25, 0.3) is 0 Å². The molecule has 2 heterocycles. The van der Waals surface area contributed by atoms with E-state index in [1.54, 1.807) is 52.1 Å². The molecule has 0 aliphatic heterocycles. The first-order valence-electron chi connectivity index (χ1n) is 7.60. The Morgan fingerprint density at radius 3 is 2.31 bits per heavy atom. The second-order valence-electron chi connectivity index (χ2n) is 5.10. The number of aromatic amines is 1. The second kappa shape index (κ2) is 7.79. The number of H-pyrrole nitrogens is 1. The van der Waals surface area contributed by atoms with Crippen molar-refractivity contribution in [2.24, 2.45) is 5.10 Å². The molecule has 0 aliphatic rings. The van der Waals surface area contributed by atoms with Crippen LogP contribution in [0.2, 0.25) is 0 Å². The summed E-state index contributed by atoms with van der Waals surface area (Å²) in [5, 5.41) is 11.4. The van der Waals surface area contributed by atoms with Crippen LogP contribution >= 0.6 is 12.2 Å². The van der Waals surface area contributed by atoms with Crippen LogP contribution in [0.15, 0.2) is 41.8 Å². The Bertz CT molecular complexity index is 957. The highest BCUT2D eigenvalue weighted by atomic mass is 32.1. The van der Waals surface area contributed by atoms with Gasteiger partial charge in [-0.1, -0.05) is 0 Å². The molecule has 0 atom stereocenters. The molecule has 1 N–H and O–H groups in total. The molecule has 0 spiro atoms. The lowest BCUT2D eigenvalue weighted by atomic mass is 10.2. The van der Waals surface area contributed by atoms with Gasteiger partial charge in [0.1, 0.15) is 0 Å². The first-order chi connectivity index (χ1) is 12.7. The van der Waals surface area contributed by atoms with E-state index in [-0.39, 0.29) is 0 Å². The fourth-order valence-corrected chi connectivity index (χ4v) is 2.57. The summed E-state index contributed by atoms with van der Waals surface area (Å²) in [6.45, 7) is 0. The normalized spacial score (nSPS) is 10.9. The van der Waals surface area contributed by atoms with Gasteiger partial charge < -0.3 is 14.2 Å². The van der Waals surface area contributed by atoms with Gasteiger partial charge in [-0.25, -0.2) is 5.10 Å². The van der Waals surface area contributed by atoms with E-state index in [1.807, 2.05) is 12.1 Å². The number of hydrogen-bond acceptors (Lipinski definition) is 7. The molecule has 9 heteroatoms. The molecular weight excluding hydrogens is 354 g/mol. The van der Waals surface area contributed by atoms with E-state index in [1.165, 1.54) is 4.68 Å². The smallest absolute Gasteiger partial charge is 0.216 e. The molecule has 0 saturated carbocycles. The molecule has 0 unspecified atom stereocenters. The summed E-state index contributed by atoms with van der Waals surface area (Å²) in [5.41, 5.74) is 1.60. The topological polar surface area (TPSA) is 86.6 Å². The number of benzene rings is 1. The zero-order valence-corrected chi connectivity index (χ0v) is 15.3. The number of methoxy groups -OCH3 is 3. The summed E-state index contributed by atoms with van der Waals surface area (Å²) in [7, 11) is 4.68. The summed E-state index contributed by atoms with van der Waals surface area (Å²) in [4.78, 5) is 4.00. The second-order valence-corrected chi connectivity index (χ2v) is 5.49. The Labute approximate surface area is 155 Å². The lowest BCUT2D eigenvalue weighted by Crippen LogP contribution is -1.98. The Morgan fingerprint density at radius 1 is 1.08 bits per heavy atom. The van der Waals surface area contributed by atoms with Crippen molar-refractivity contribution in [3.8, 4) is 28.6 Å². The van der Waals surface area contributed by atoms with Crippen molar-refractivity contribution in [2.75, 3.05) is 21.3 Å². The van der Waals surface area contributed by atoms with Crippen LogP contribution in [0.4, 0.5) is 0 Å². The number of ether oxygens (including phenoxy) is 3. The van der Waals surface area contributed by atoms with Crippen LogP contribution < -0.4 is 14.2 Å². The standard InChI is InChI=1S/C17H17N5O3S/c1-23-13-8-11(9-14(24-2)15(13)25-3)10-19-22-16(20-21-17(22)26)12-4-6-18-7-5-12/h4-10H,1-3H3,(H,21,26). The van der Waals surface area contributed by atoms with Crippen LogP contribution in [0.5, 0.6) is 17.2 Å². The van der Waals surface area contributed by atoms with Crippen molar-refractivity contribution in [1.82, 2.24) is 19.9 Å². The summed E-state index contributed by atoms with van der Waals surface area (Å²) in [6.07, 6.45) is 5.00. The average molecular weight is 371 g/mol. The van der Waals surface area contributed by atoms with Gasteiger partial charge in [-0.15, -0.1) is 0 Å². The highest BCUT2D eigenvalue weighted by molar-refractivity contribution is 7.71. The minimum absolute atomic E-state index is 0.375. The Morgan fingerprint density at radius 2 is 1.73 bits per heavy atom. The van der Waals surface area contributed by atoms with E-state index in [4.69, 9.17) is 26.4 Å². The van der Waals surface area contributed by atoms with E-state index < -0.39 is 0 Å². The minimum atomic E-state index is 0.375. The van der Waals surface area contributed by atoms with Gasteiger partial charge in [0.2, 0.25) is 10.5 Å². The molecule has 1 aromatic carbocycles. The van der Waals surface area contributed by atoms with Gasteiger partial charge in [-0.2, -0.15) is 14.9 Å². The largest absolute Gasteiger partial charge is 0.493 e. The molecule has 0 aliphatic carbocycles. The van der Waals surface area contributed by atoms with Gasteiger partial charge in [-0.3, -0.25) is 4.98 Å². The molecule has 134 valence electrons. The molecule has 0 amide bonds. The van der Waals surface area contributed by atoms with E-state index in [2.05, 4.69) is 20.3 Å². The lowest BCUT2D eigenvalue weighted by molar-refractivity contribution is 0.324. The predicted molar refractivity (Wildman–Crippen MR) is 99.7 cm³/mol. The highest BCUT2D eigenvalue weighted by Gasteiger charge is 2.13. The molecule has 2 aromatic heterocycles. The van der Waals surface area contributed by atoms with Crippen LogP contribution in [-0.2, 0) is 0 Å². The number of aromatic nitrogens is 4. The SMILES string of the molecule is COc1cc(C=Nn2c(-c3ccncc3)n[nH]c2=S)cc(OC)c1OC. The van der Waals surface area contributed by atoms with Crippen molar-refractivity contribution in [3.63, 3.8) is 0 Å². The Hall–Kier alpha value is -3.20. The first kappa shape index (κ1) is 17.6. The summed E-state index contributed by atoms with van der Waals surface area (Å²) >= 11 is 5.27. The zero-order valence-electron chi connectivity index (χ0n) is 14.5. The van der Waals surface area contributed by atoms with Crippen LogP contribution in [0.3, 0.4) is 0 Å². The van der Waals surface area contributed by atoms with Gasteiger partial charge in [0, 0.05) is 23.5 Å². The molecule has 3 aromatic rings. The fourth-order valence-electron chi connectivity index (χ4n) is 2.39.